The zero-order valence-corrected chi connectivity index (χ0v) is 16.8. The van der Waals surface area contributed by atoms with Crippen molar-refractivity contribution in [3.63, 3.8) is 0 Å². The van der Waals surface area contributed by atoms with E-state index in [1.54, 1.807) is 4.68 Å². The fourth-order valence-electron chi connectivity index (χ4n) is 4.33. The molecule has 156 valence electrons. The summed E-state index contributed by atoms with van der Waals surface area (Å²) in [7, 11) is 2.07. The number of aromatic nitrogens is 2. The molecule has 0 radical (unpaired) electrons. The van der Waals surface area contributed by atoms with Crippen LogP contribution in [0.25, 0.3) is 0 Å². The minimum atomic E-state index is -1.05. The zero-order chi connectivity index (χ0) is 19.8. The lowest BCUT2D eigenvalue weighted by atomic mass is 9.96. The van der Waals surface area contributed by atoms with Gasteiger partial charge in [0.15, 0.2) is 5.82 Å². The largest absolute Gasteiger partial charge is 0.381 e. The van der Waals surface area contributed by atoms with Crippen LogP contribution in [0.3, 0.4) is 0 Å². The molecule has 2 saturated heterocycles. The second-order valence-electron chi connectivity index (χ2n) is 7.85. The first kappa shape index (κ1) is 19.7. The van der Waals surface area contributed by atoms with E-state index in [0.29, 0.717) is 37.6 Å². The number of fused-ring (bicyclic) bond motifs is 1. The van der Waals surface area contributed by atoms with E-state index in [1.807, 2.05) is 0 Å². The third-order valence-corrected chi connectivity index (χ3v) is 6.12. The van der Waals surface area contributed by atoms with Gasteiger partial charge in [0.05, 0.1) is 24.0 Å². The summed E-state index contributed by atoms with van der Waals surface area (Å²) < 4.78 is 16.5. The summed E-state index contributed by atoms with van der Waals surface area (Å²) in [5.74, 6) is 0.394. The lowest BCUT2D eigenvalue weighted by molar-refractivity contribution is 0.0276. The number of amides is 1. The SMILES string of the molecule is CN1CCN(C2C(F)CNCC2NC(=O)c2c(N)nn3c2NCC(Cl)C3)CC1. The number of carbonyl (C=O) groups excluding carboxylic acids is 1. The van der Waals surface area contributed by atoms with Gasteiger partial charge in [-0.25, -0.2) is 9.07 Å². The summed E-state index contributed by atoms with van der Waals surface area (Å²) in [5, 5.41) is 13.3. The predicted molar refractivity (Wildman–Crippen MR) is 107 cm³/mol. The minimum absolute atomic E-state index is 0.112. The zero-order valence-electron chi connectivity index (χ0n) is 16.0. The van der Waals surface area contributed by atoms with E-state index < -0.39 is 6.17 Å². The van der Waals surface area contributed by atoms with Crippen LogP contribution in [0, 0.1) is 0 Å². The van der Waals surface area contributed by atoms with Crippen molar-refractivity contribution in [2.75, 3.05) is 63.9 Å². The van der Waals surface area contributed by atoms with Crippen molar-refractivity contribution in [3.8, 4) is 0 Å². The molecule has 4 rings (SSSR count). The molecule has 9 nitrogen and oxygen atoms in total. The number of alkyl halides is 2. The first-order valence-corrected chi connectivity index (χ1v) is 10.2. The monoisotopic (exact) mass is 414 g/mol. The fraction of sp³-hybridized carbons (Fsp3) is 0.765. The Balaban J connectivity index is 1.51. The number of carbonyl (C=O) groups is 1. The van der Waals surface area contributed by atoms with Crippen molar-refractivity contribution in [2.24, 2.45) is 0 Å². The molecule has 4 atom stereocenters. The van der Waals surface area contributed by atoms with Crippen molar-refractivity contribution in [1.29, 1.82) is 0 Å². The van der Waals surface area contributed by atoms with E-state index in [-0.39, 0.29) is 29.2 Å². The average molecular weight is 415 g/mol. The number of hydrogen-bond donors (Lipinski definition) is 4. The molecule has 0 bridgehead atoms. The molecule has 1 aromatic rings. The second-order valence-corrected chi connectivity index (χ2v) is 8.47. The Bertz CT molecular complexity index is 722. The first-order valence-electron chi connectivity index (χ1n) is 9.76. The third-order valence-electron chi connectivity index (χ3n) is 5.83. The van der Waals surface area contributed by atoms with Crippen molar-refractivity contribution in [3.05, 3.63) is 5.56 Å². The highest BCUT2D eigenvalue weighted by Crippen LogP contribution is 2.27. The van der Waals surface area contributed by atoms with Crippen LogP contribution in [0.2, 0.25) is 0 Å². The van der Waals surface area contributed by atoms with Gasteiger partial charge in [-0.05, 0) is 7.05 Å². The summed E-state index contributed by atoms with van der Waals surface area (Å²) >= 11 is 6.15. The van der Waals surface area contributed by atoms with Crippen molar-refractivity contribution in [2.45, 2.75) is 30.2 Å². The molecule has 1 amide bonds. The Hall–Kier alpha value is -1.62. The Kier molecular flexibility index (Phi) is 5.64. The van der Waals surface area contributed by atoms with E-state index >= 15 is 0 Å². The van der Waals surface area contributed by atoms with E-state index in [2.05, 4.69) is 37.9 Å². The van der Waals surface area contributed by atoms with Crippen molar-refractivity contribution in [1.82, 2.24) is 30.2 Å². The normalized spacial score (nSPS) is 31.8. The van der Waals surface area contributed by atoms with Crippen LogP contribution in [-0.2, 0) is 6.54 Å². The molecule has 3 aliphatic heterocycles. The standard InChI is InChI=1S/C17H28ClFN8O/c1-25-2-4-26(5-3-25)14-11(19)7-21-8-12(14)23-17(28)13-15(20)24-27-9-10(18)6-22-16(13)27/h10-12,14,21-22H,2-9H2,1H3,(H2,20,24)(H,23,28). The molecule has 11 heteroatoms. The quantitative estimate of drug-likeness (QED) is 0.478. The highest BCUT2D eigenvalue weighted by molar-refractivity contribution is 6.21. The Morgan fingerprint density at radius 1 is 1.29 bits per heavy atom. The van der Waals surface area contributed by atoms with Crippen molar-refractivity contribution < 1.29 is 9.18 Å². The maximum absolute atomic E-state index is 14.8. The number of halogens is 2. The van der Waals surface area contributed by atoms with Gasteiger partial charge in [-0.15, -0.1) is 11.6 Å². The minimum Gasteiger partial charge on any atom is -0.381 e. The van der Waals surface area contributed by atoms with E-state index in [9.17, 15) is 9.18 Å². The molecule has 0 spiro atoms. The highest BCUT2D eigenvalue weighted by atomic mass is 35.5. The van der Waals surface area contributed by atoms with Crippen LogP contribution in [0.5, 0.6) is 0 Å². The van der Waals surface area contributed by atoms with E-state index in [4.69, 9.17) is 17.3 Å². The summed E-state index contributed by atoms with van der Waals surface area (Å²) in [6, 6.07) is -0.703. The summed E-state index contributed by atoms with van der Waals surface area (Å²) in [6.45, 7) is 5.21. The number of rotatable bonds is 3. The van der Waals surface area contributed by atoms with Gasteiger partial charge in [-0.2, -0.15) is 5.10 Å². The molecular weight excluding hydrogens is 387 g/mol. The van der Waals surface area contributed by atoms with Crippen LogP contribution in [0.15, 0.2) is 0 Å². The van der Waals surface area contributed by atoms with Crippen LogP contribution in [0.4, 0.5) is 16.0 Å². The van der Waals surface area contributed by atoms with Crippen molar-refractivity contribution >= 4 is 29.1 Å². The molecule has 28 heavy (non-hydrogen) atoms. The molecule has 4 heterocycles. The Morgan fingerprint density at radius 3 is 2.79 bits per heavy atom. The Morgan fingerprint density at radius 2 is 2.04 bits per heavy atom. The molecule has 2 fully saturated rings. The molecule has 0 saturated carbocycles. The lowest BCUT2D eigenvalue weighted by Gasteiger charge is -2.45. The Labute approximate surface area is 168 Å². The number of piperazine rings is 1. The molecule has 0 aromatic carbocycles. The van der Waals surface area contributed by atoms with Crippen LogP contribution >= 0.6 is 11.6 Å². The molecular formula is C17H28ClFN8O. The van der Waals surface area contributed by atoms with Crippen LogP contribution < -0.4 is 21.7 Å². The van der Waals surface area contributed by atoms with Gasteiger partial charge < -0.3 is 26.6 Å². The van der Waals surface area contributed by atoms with Crippen LogP contribution in [-0.4, -0.2) is 102 Å². The molecule has 5 N–H and O–H groups in total. The topological polar surface area (TPSA) is 103 Å². The van der Waals surface area contributed by atoms with Gasteiger partial charge in [-0.3, -0.25) is 9.69 Å². The van der Waals surface area contributed by atoms with Crippen LogP contribution in [0.1, 0.15) is 10.4 Å². The van der Waals surface area contributed by atoms with Gasteiger partial charge in [-0.1, -0.05) is 0 Å². The molecule has 1 aromatic heterocycles. The smallest absolute Gasteiger partial charge is 0.259 e. The number of nitrogens with two attached hydrogens (primary N) is 1. The maximum Gasteiger partial charge on any atom is 0.259 e. The number of nitrogens with one attached hydrogen (secondary N) is 3. The van der Waals surface area contributed by atoms with Gasteiger partial charge >= 0.3 is 0 Å². The molecule has 4 unspecified atom stereocenters. The number of nitrogens with zero attached hydrogens (tertiary/aromatic N) is 4. The van der Waals surface area contributed by atoms with Gasteiger partial charge in [0.1, 0.15) is 17.6 Å². The van der Waals surface area contributed by atoms with E-state index in [1.165, 1.54) is 0 Å². The number of piperidine rings is 1. The lowest BCUT2D eigenvalue weighted by Crippen LogP contribution is -2.67. The predicted octanol–water partition coefficient (Wildman–Crippen LogP) is -0.846. The number of anilines is 2. The summed E-state index contributed by atoms with van der Waals surface area (Å²) in [5.41, 5.74) is 6.32. The second kappa shape index (κ2) is 8.02. The van der Waals surface area contributed by atoms with Gasteiger partial charge in [0.2, 0.25) is 0 Å². The highest BCUT2D eigenvalue weighted by Gasteiger charge is 2.40. The summed E-state index contributed by atoms with van der Waals surface area (Å²) in [4.78, 5) is 17.4. The number of hydrogen-bond acceptors (Lipinski definition) is 7. The van der Waals surface area contributed by atoms with E-state index in [0.717, 1.165) is 26.2 Å². The number of likely N-dealkylation sites (N-methyl/N-ethyl adjacent to an activating group) is 1. The summed E-state index contributed by atoms with van der Waals surface area (Å²) in [6.07, 6.45) is -1.05. The number of nitrogen functional groups attached to an aromatic ring is 1. The maximum atomic E-state index is 14.8. The average Bonchev–Trinajstić information content (AvgIpc) is 2.98. The molecule has 3 aliphatic rings. The third kappa shape index (κ3) is 3.78. The first-order chi connectivity index (χ1) is 13.4. The van der Waals surface area contributed by atoms with Gasteiger partial charge in [0, 0.05) is 45.8 Å². The van der Waals surface area contributed by atoms with Gasteiger partial charge in [0.25, 0.3) is 5.91 Å². The molecule has 0 aliphatic carbocycles. The fourth-order valence-corrected chi connectivity index (χ4v) is 4.53.